The summed E-state index contributed by atoms with van der Waals surface area (Å²) in [5.74, 6) is 0.345. The van der Waals surface area contributed by atoms with E-state index in [9.17, 15) is 4.39 Å². The van der Waals surface area contributed by atoms with Gasteiger partial charge in [-0.05, 0) is 18.9 Å². The standard InChI is InChI=1S/C17H30FN3/c1-5-7-11-21(12-8-6-2)17-16(18)15(9-10-19-17)13-20-14(3)4/h9-10,14,20H,5-8,11-13H2,1-4H3. The molecule has 0 fully saturated rings. The molecule has 0 unspecified atom stereocenters. The molecule has 0 bridgehead atoms. The zero-order valence-electron chi connectivity index (χ0n) is 14.0. The summed E-state index contributed by atoms with van der Waals surface area (Å²) in [6.07, 6.45) is 6.08. The first-order valence-corrected chi connectivity index (χ1v) is 8.21. The molecule has 1 aromatic heterocycles. The van der Waals surface area contributed by atoms with Crippen LogP contribution in [0.25, 0.3) is 0 Å². The van der Waals surface area contributed by atoms with Gasteiger partial charge in [-0.2, -0.15) is 0 Å². The van der Waals surface area contributed by atoms with Crippen molar-refractivity contribution in [2.75, 3.05) is 18.0 Å². The fraction of sp³-hybridized carbons (Fsp3) is 0.706. The quantitative estimate of drug-likeness (QED) is 0.703. The molecular weight excluding hydrogens is 265 g/mol. The van der Waals surface area contributed by atoms with Crippen LogP contribution in [0.4, 0.5) is 10.2 Å². The molecule has 4 heteroatoms. The number of rotatable bonds is 10. The minimum atomic E-state index is -0.169. The molecule has 0 radical (unpaired) electrons. The second-order valence-corrected chi connectivity index (χ2v) is 5.84. The smallest absolute Gasteiger partial charge is 0.170 e. The van der Waals surface area contributed by atoms with Crippen molar-refractivity contribution in [2.24, 2.45) is 0 Å². The van der Waals surface area contributed by atoms with Crippen LogP contribution in [0.15, 0.2) is 12.3 Å². The maximum Gasteiger partial charge on any atom is 0.170 e. The van der Waals surface area contributed by atoms with Gasteiger partial charge in [0.05, 0.1) is 0 Å². The van der Waals surface area contributed by atoms with Gasteiger partial charge in [0.15, 0.2) is 11.6 Å². The highest BCUT2D eigenvalue weighted by Gasteiger charge is 2.15. The molecule has 0 saturated carbocycles. The van der Waals surface area contributed by atoms with Gasteiger partial charge in [-0.1, -0.05) is 40.5 Å². The van der Waals surface area contributed by atoms with Crippen molar-refractivity contribution < 1.29 is 4.39 Å². The average molecular weight is 295 g/mol. The van der Waals surface area contributed by atoms with Crippen molar-refractivity contribution in [3.05, 3.63) is 23.6 Å². The second-order valence-electron chi connectivity index (χ2n) is 5.84. The van der Waals surface area contributed by atoms with E-state index in [1.807, 2.05) is 0 Å². The van der Waals surface area contributed by atoms with Crippen LogP contribution in [0.1, 0.15) is 58.9 Å². The third-order valence-corrected chi connectivity index (χ3v) is 3.51. The van der Waals surface area contributed by atoms with Gasteiger partial charge in [0, 0.05) is 37.4 Å². The Labute approximate surface area is 129 Å². The van der Waals surface area contributed by atoms with Crippen LogP contribution in [-0.2, 0) is 6.54 Å². The van der Waals surface area contributed by atoms with Crippen LogP contribution in [0.5, 0.6) is 0 Å². The Morgan fingerprint density at radius 3 is 2.33 bits per heavy atom. The van der Waals surface area contributed by atoms with Gasteiger partial charge in [-0.3, -0.25) is 0 Å². The molecule has 1 aromatic rings. The highest BCUT2D eigenvalue weighted by atomic mass is 19.1. The second kappa shape index (κ2) is 9.72. The summed E-state index contributed by atoms with van der Waals surface area (Å²) < 4.78 is 14.7. The number of nitrogens with one attached hydrogen (secondary N) is 1. The van der Waals surface area contributed by atoms with Crippen molar-refractivity contribution in [3.8, 4) is 0 Å². The minimum absolute atomic E-state index is 0.169. The van der Waals surface area contributed by atoms with E-state index in [1.54, 1.807) is 12.3 Å². The Bertz CT molecular complexity index is 399. The highest BCUT2D eigenvalue weighted by molar-refractivity contribution is 5.43. The van der Waals surface area contributed by atoms with Gasteiger partial charge in [0.1, 0.15) is 0 Å². The Hall–Kier alpha value is -1.16. The first kappa shape index (κ1) is 17.9. The molecule has 0 spiro atoms. The maximum atomic E-state index is 14.7. The van der Waals surface area contributed by atoms with E-state index in [-0.39, 0.29) is 5.82 Å². The van der Waals surface area contributed by atoms with Crippen molar-refractivity contribution in [1.82, 2.24) is 10.3 Å². The largest absolute Gasteiger partial charge is 0.354 e. The van der Waals surface area contributed by atoms with E-state index in [4.69, 9.17) is 0 Å². The number of aromatic nitrogens is 1. The summed E-state index contributed by atoms with van der Waals surface area (Å²) in [6, 6.07) is 2.11. The monoisotopic (exact) mass is 295 g/mol. The van der Waals surface area contributed by atoms with Crippen molar-refractivity contribution in [3.63, 3.8) is 0 Å². The van der Waals surface area contributed by atoms with Gasteiger partial charge in [0.2, 0.25) is 0 Å². The lowest BCUT2D eigenvalue weighted by Crippen LogP contribution is -2.29. The number of anilines is 1. The molecule has 120 valence electrons. The third kappa shape index (κ3) is 6.00. The van der Waals surface area contributed by atoms with Crippen LogP contribution in [0.2, 0.25) is 0 Å². The molecule has 0 aromatic carbocycles. The molecule has 0 aliphatic rings. The lowest BCUT2D eigenvalue weighted by atomic mass is 10.2. The molecule has 0 aliphatic carbocycles. The average Bonchev–Trinajstić information content (AvgIpc) is 2.47. The Balaban J connectivity index is 2.87. The zero-order chi connectivity index (χ0) is 15.7. The summed E-state index contributed by atoms with van der Waals surface area (Å²) in [6.45, 7) is 10.7. The van der Waals surface area contributed by atoms with Crippen LogP contribution < -0.4 is 10.2 Å². The normalized spacial score (nSPS) is 11.1. The van der Waals surface area contributed by atoms with Crippen molar-refractivity contribution in [1.29, 1.82) is 0 Å². The fourth-order valence-electron chi connectivity index (χ4n) is 2.16. The SMILES string of the molecule is CCCCN(CCCC)c1nccc(CNC(C)C)c1F. The highest BCUT2D eigenvalue weighted by Crippen LogP contribution is 2.20. The van der Waals surface area contributed by atoms with E-state index < -0.39 is 0 Å². The Kier molecular flexibility index (Phi) is 8.28. The predicted molar refractivity (Wildman–Crippen MR) is 88.2 cm³/mol. The molecular formula is C17H30FN3. The lowest BCUT2D eigenvalue weighted by Gasteiger charge is -2.24. The lowest BCUT2D eigenvalue weighted by molar-refractivity contribution is 0.544. The van der Waals surface area contributed by atoms with Crippen LogP contribution in [0.3, 0.4) is 0 Å². The molecule has 1 N–H and O–H groups in total. The molecule has 21 heavy (non-hydrogen) atoms. The molecule has 0 atom stereocenters. The van der Waals surface area contributed by atoms with E-state index in [0.717, 1.165) is 38.8 Å². The van der Waals surface area contributed by atoms with Crippen molar-refractivity contribution in [2.45, 2.75) is 66.0 Å². The summed E-state index contributed by atoms with van der Waals surface area (Å²) in [4.78, 5) is 6.39. The molecule has 0 aliphatic heterocycles. The first-order valence-electron chi connectivity index (χ1n) is 8.21. The Morgan fingerprint density at radius 2 is 1.81 bits per heavy atom. The van der Waals surface area contributed by atoms with Gasteiger partial charge < -0.3 is 10.2 Å². The van der Waals surface area contributed by atoms with E-state index in [2.05, 4.69) is 42.9 Å². The third-order valence-electron chi connectivity index (χ3n) is 3.51. The Morgan fingerprint density at radius 1 is 1.19 bits per heavy atom. The minimum Gasteiger partial charge on any atom is -0.354 e. The summed E-state index contributed by atoms with van der Waals surface area (Å²) in [7, 11) is 0. The topological polar surface area (TPSA) is 28.2 Å². The number of pyridine rings is 1. The van der Waals surface area contributed by atoms with Gasteiger partial charge in [-0.25, -0.2) is 9.37 Å². The molecule has 0 amide bonds. The number of unbranched alkanes of at least 4 members (excludes halogenated alkanes) is 2. The molecule has 1 heterocycles. The van der Waals surface area contributed by atoms with Gasteiger partial charge in [-0.15, -0.1) is 0 Å². The van der Waals surface area contributed by atoms with Gasteiger partial charge in [0.25, 0.3) is 0 Å². The summed E-state index contributed by atoms with van der Waals surface area (Å²) in [5, 5.41) is 3.27. The summed E-state index contributed by atoms with van der Waals surface area (Å²) in [5.41, 5.74) is 0.701. The van der Waals surface area contributed by atoms with Gasteiger partial charge >= 0.3 is 0 Å². The van der Waals surface area contributed by atoms with Crippen LogP contribution >= 0.6 is 0 Å². The van der Waals surface area contributed by atoms with E-state index in [1.165, 1.54) is 0 Å². The first-order chi connectivity index (χ1) is 10.1. The van der Waals surface area contributed by atoms with Crippen molar-refractivity contribution >= 4 is 5.82 Å². The zero-order valence-corrected chi connectivity index (χ0v) is 14.0. The number of nitrogens with zero attached hydrogens (tertiary/aromatic N) is 2. The fourth-order valence-corrected chi connectivity index (χ4v) is 2.16. The predicted octanol–water partition coefficient (Wildman–Crippen LogP) is 4.13. The molecule has 0 saturated heterocycles. The number of hydrogen-bond acceptors (Lipinski definition) is 3. The number of hydrogen-bond donors (Lipinski definition) is 1. The van der Waals surface area contributed by atoms with E-state index >= 15 is 0 Å². The van der Waals surface area contributed by atoms with Crippen LogP contribution in [-0.4, -0.2) is 24.1 Å². The maximum absolute atomic E-state index is 14.7. The molecule has 3 nitrogen and oxygen atoms in total. The number of halogens is 1. The van der Waals surface area contributed by atoms with Crippen LogP contribution in [0, 0.1) is 5.82 Å². The molecule has 1 rings (SSSR count). The van der Waals surface area contributed by atoms with E-state index in [0.29, 0.717) is 24.0 Å². The summed E-state index contributed by atoms with van der Waals surface area (Å²) >= 11 is 0.